The number of ether oxygens (including phenoxy) is 3. The summed E-state index contributed by atoms with van der Waals surface area (Å²) in [5.74, 6) is -1.77. The lowest BCUT2D eigenvalue weighted by Crippen LogP contribution is -2.21. The number of rotatable bonds is 5. The SMILES string of the molecule is CCOC(=O)c1cc(OC)c(OC(F)(F)F)c(CN)n1. The lowest BCUT2D eigenvalue weighted by atomic mass is 10.2. The monoisotopic (exact) mass is 294 g/mol. The van der Waals surface area contributed by atoms with Gasteiger partial charge in [-0.05, 0) is 6.92 Å². The third-order valence-corrected chi connectivity index (χ3v) is 2.12. The van der Waals surface area contributed by atoms with E-state index in [4.69, 9.17) is 15.2 Å². The van der Waals surface area contributed by atoms with Crippen molar-refractivity contribution in [1.29, 1.82) is 0 Å². The van der Waals surface area contributed by atoms with E-state index in [-0.39, 0.29) is 30.3 Å². The molecule has 0 spiro atoms. The third-order valence-electron chi connectivity index (χ3n) is 2.12. The van der Waals surface area contributed by atoms with E-state index in [1.165, 1.54) is 0 Å². The topological polar surface area (TPSA) is 83.7 Å². The third kappa shape index (κ3) is 3.98. The van der Waals surface area contributed by atoms with Crippen molar-refractivity contribution < 1.29 is 32.2 Å². The van der Waals surface area contributed by atoms with Gasteiger partial charge in [0.05, 0.1) is 13.7 Å². The number of hydrogen-bond acceptors (Lipinski definition) is 6. The second kappa shape index (κ2) is 6.42. The van der Waals surface area contributed by atoms with Crippen LogP contribution in [-0.2, 0) is 11.3 Å². The smallest absolute Gasteiger partial charge is 0.493 e. The minimum Gasteiger partial charge on any atom is -0.493 e. The fourth-order valence-corrected chi connectivity index (χ4v) is 1.38. The van der Waals surface area contributed by atoms with Gasteiger partial charge in [0.15, 0.2) is 17.2 Å². The molecule has 1 heterocycles. The molecule has 2 N–H and O–H groups in total. The Morgan fingerprint density at radius 1 is 1.45 bits per heavy atom. The molecule has 0 unspecified atom stereocenters. The maximum absolute atomic E-state index is 12.3. The van der Waals surface area contributed by atoms with Crippen molar-refractivity contribution in [3.8, 4) is 11.5 Å². The van der Waals surface area contributed by atoms with Gasteiger partial charge in [0.25, 0.3) is 0 Å². The molecule has 0 bridgehead atoms. The van der Waals surface area contributed by atoms with Crippen LogP contribution in [0.1, 0.15) is 23.1 Å². The molecule has 1 aromatic heterocycles. The molecular formula is C11H13F3N2O4. The van der Waals surface area contributed by atoms with Crippen LogP contribution in [0.5, 0.6) is 11.5 Å². The fourth-order valence-electron chi connectivity index (χ4n) is 1.38. The molecule has 0 aliphatic carbocycles. The van der Waals surface area contributed by atoms with E-state index in [1.807, 2.05) is 0 Å². The van der Waals surface area contributed by atoms with Crippen LogP contribution in [0, 0.1) is 0 Å². The fraction of sp³-hybridized carbons (Fsp3) is 0.455. The van der Waals surface area contributed by atoms with Crippen molar-refractivity contribution in [2.24, 2.45) is 5.73 Å². The Hall–Kier alpha value is -2.03. The number of hydrogen-bond donors (Lipinski definition) is 1. The number of carbonyl (C=O) groups excluding carboxylic acids is 1. The molecule has 0 aliphatic rings. The molecule has 0 aromatic carbocycles. The van der Waals surface area contributed by atoms with E-state index in [2.05, 4.69) is 9.72 Å². The predicted molar refractivity (Wildman–Crippen MR) is 61.3 cm³/mol. The Morgan fingerprint density at radius 3 is 2.55 bits per heavy atom. The highest BCUT2D eigenvalue weighted by atomic mass is 19.4. The highest BCUT2D eigenvalue weighted by molar-refractivity contribution is 5.88. The normalized spacial score (nSPS) is 11.1. The number of methoxy groups -OCH3 is 1. The van der Waals surface area contributed by atoms with Gasteiger partial charge in [0, 0.05) is 12.6 Å². The number of nitrogens with two attached hydrogens (primary N) is 1. The zero-order valence-electron chi connectivity index (χ0n) is 10.8. The van der Waals surface area contributed by atoms with Crippen LogP contribution >= 0.6 is 0 Å². The van der Waals surface area contributed by atoms with E-state index in [9.17, 15) is 18.0 Å². The summed E-state index contributed by atoms with van der Waals surface area (Å²) in [5.41, 5.74) is 4.85. The van der Waals surface area contributed by atoms with Crippen LogP contribution < -0.4 is 15.2 Å². The van der Waals surface area contributed by atoms with E-state index < -0.39 is 18.1 Å². The Balaban J connectivity index is 3.28. The van der Waals surface area contributed by atoms with Gasteiger partial charge in [0.2, 0.25) is 0 Å². The number of carbonyl (C=O) groups is 1. The number of esters is 1. The van der Waals surface area contributed by atoms with E-state index in [0.29, 0.717) is 0 Å². The summed E-state index contributed by atoms with van der Waals surface area (Å²) in [7, 11) is 1.13. The van der Waals surface area contributed by atoms with Gasteiger partial charge in [-0.1, -0.05) is 0 Å². The lowest BCUT2D eigenvalue weighted by molar-refractivity contribution is -0.275. The molecule has 0 saturated carbocycles. The summed E-state index contributed by atoms with van der Waals surface area (Å²) >= 11 is 0. The predicted octanol–water partition coefficient (Wildman–Crippen LogP) is 1.62. The molecule has 6 nitrogen and oxygen atoms in total. The molecule has 1 aromatic rings. The number of halogens is 3. The zero-order chi connectivity index (χ0) is 15.3. The molecule has 0 atom stereocenters. The number of pyridine rings is 1. The first-order valence-corrected chi connectivity index (χ1v) is 5.53. The van der Waals surface area contributed by atoms with Gasteiger partial charge < -0.3 is 19.9 Å². The van der Waals surface area contributed by atoms with E-state index in [0.717, 1.165) is 13.2 Å². The molecule has 0 fully saturated rings. The maximum Gasteiger partial charge on any atom is 0.573 e. The lowest BCUT2D eigenvalue weighted by Gasteiger charge is -2.16. The number of aromatic nitrogens is 1. The van der Waals surface area contributed by atoms with Crippen molar-refractivity contribution in [2.45, 2.75) is 19.8 Å². The van der Waals surface area contributed by atoms with Crippen LogP contribution in [0.4, 0.5) is 13.2 Å². The van der Waals surface area contributed by atoms with Gasteiger partial charge in [-0.3, -0.25) is 0 Å². The molecule has 0 aliphatic heterocycles. The first-order valence-electron chi connectivity index (χ1n) is 5.53. The molecule has 0 radical (unpaired) electrons. The Bertz CT molecular complexity index is 466. The summed E-state index contributed by atoms with van der Waals surface area (Å²) in [5, 5.41) is 0. The number of alkyl halides is 3. The Kier molecular flexibility index (Phi) is 5.14. The minimum absolute atomic E-state index is 0.0988. The van der Waals surface area contributed by atoms with Crippen LogP contribution in [-0.4, -0.2) is 31.0 Å². The standard InChI is InChI=1S/C11H13F3N2O4/c1-3-19-10(17)6-4-8(18-2)9(7(5-15)16-6)20-11(12,13)14/h4H,3,5,15H2,1-2H3. The van der Waals surface area contributed by atoms with Gasteiger partial charge in [-0.2, -0.15) is 0 Å². The van der Waals surface area contributed by atoms with Crippen molar-refractivity contribution >= 4 is 5.97 Å². The zero-order valence-corrected chi connectivity index (χ0v) is 10.8. The maximum atomic E-state index is 12.3. The van der Waals surface area contributed by atoms with Gasteiger partial charge >= 0.3 is 12.3 Å². The molecule has 0 saturated heterocycles. The first kappa shape index (κ1) is 16.0. The van der Waals surface area contributed by atoms with Crippen LogP contribution in [0.15, 0.2) is 6.07 Å². The Morgan fingerprint density at radius 2 is 2.10 bits per heavy atom. The summed E-state index contributed by atoms with van der Waals surface area (Å²) in [4.78, 5) is 15.2. The number of nitrogens with zero attached hydrogens (tertiary/aromatic N) is 1. The largest absolute Gasteiger partial charge is 0.573 e. The second-order valence-electron chi connectivity index (χ2n) is 3.46. The molecule has 9 heteroatoms. The van der Waals surface area contributed by atoms with Gasteiger partial charge in [-0.15, -0.1) is 13.2 Å². The molecular weight excluding hydrogens is 281 g/mol. The van der Waals surface area contributed by atoms with Crippen LogP contribution in [0.2, 0.25) is 0 Å². The summed E-state index contributed by atoms with van der Waals surface area (Å²) in [6, 6.07) is 0.998. The van der Waals surface area contributed by atoms with Crippen LogP contribution in [0.3, 0.4) is 0 Å². The summed E-state index contributed by atoms with van der Waals surface area (Å²) in [6.45, 7) is 1.32. The molecule has 0 amide bonds. The average molecular weight is 294 g/mol. The van der Waals surface area contributed by atoms with Crippen molar-refractivity contribution in [3.05, 3.63) is 17.5 Å². The van der Waals surface area contributed by atoms with Crippen molar-refractivity contribution in [2.75, 3.05) is 13.7 Å². The summed E-state index contributed by atoms with van der Waals surface area (Å²) < 4.78 is 50.2. The quantitative estimate of drug-likeness (QED) is 0.831. The van der Waals surface area contributed by atoms with Crippen LogP contribution in [0.25, 0.3) is 0 Å². The molecule has 112 valence electrons. The van der Waals surface area contributed by atoms with E-state index >= 15 is 0 Å². The highest BCUT2D eigenvalue weighted by Gasteiger charge is 2.34. The molecule has 1 rings (SSSR count). The van der Waals surface area contributed by atoms with Crippen molar-refractivity contribution in [1.82, 2.24) is 4.98 Å². The second-order valence-corrected chi connectivity index (χ2v) is 3.46. The molecule has 20 heavy (non-hydrogen) atoms. The van der Waals surface area contributed by atoms with Crippen molar-refractivity contribution in [3.63, 3.8) is 0 Å². The van der Waals surface area contributed by atoms with Gasteiger partial charge in [-0.25, -0.2) is 9.78 Å². The summed E-state index contributed by atoms with van der Waals surface area (Å²) in [6.07, 6.45) is -4.93. The minimum atomic E-state index is -4.93. The van der Waals surface area contributed by atoms with Gasteiger partial charge in [0.1, 0.15) is 5.69 Å². The average Bonchev–Trinajstić information content (AvgIpc) is 2.37. The highest BCUT2D eigenvalue weighted by Crippen LogP contribution is 2.35. The van der Waals surface area contributed by atoms with E-state index in [1.54, 1.807) is 6.92 Å². The first-order chi connectivity index (χ1) is 9.32. The Labute approximate surface area is 112 Å².